The number of carbonyl (C=O) groups excluding carboxylic acids is 1. The Labute approximate surface area is 138 Å². The fourth-order valence-corrected chi connectivity index (χ4v) is 3.28. The molecule has 5 nitrogen and oxygen atoms in total. The Hall–Kier alpha value is -1.79. The summed E-state index contributed by atoms with van der Waals surface area (Å²) in [6.07, 6.45) is 1.81. The van der Waals surface area contributed by atoms with Crippen LogP contribution in [-0.4, -0.2) is 42.1 Å². The number of hydrogen-bond acceptors (Lipinski definition) is 4. The Morgan fingerprint density at radius 2 is 2.09 bits per heavy atom. The summed E-state index contributed by atoms with van der Waals surface area (Å²) in [4.78, 5) is 20.7. The van der Waals surface area contributed by atoms with Gasteiger partial charge in [-0.25, -0.2) is 9.78 Å². The maximum Gasteiger partial charge on any atom is 0.321 e. The van der Waals surface area contributed by atoms with Gasteiger partial charge in [-0.05, 0) is 24.6 Å². The van der Waals surface area contributed by atoms with Crippen molar-refractivity contribution in [2.24, 2.45) is 0 Å². The van der Waals surface area contributed by atoms with Crippen molar-refractivity contribution < 1.29 is 4.79 Å². The van der Waals surface area contributed by atoms with Crippen LogP contribution < -0.4 is 10.2 Å². The summed E-state index contributed by atoms with van der Waals surface area (Å²) >= 11 is 7.71. The summed E-state index contributed by atoms with van der Waals surface area (Å²) in [7, 11) is 0. The molecule has 2 amide bonds. The van der Waals surface area contributed by atoms with Gasteiger partial charge >= 0.3 is 6.03 Å². The van der Waals surface area contributed by atoms with E-state index >= 15 is 0 Å². The minimum absolute atomic E-state index is 0.0795. The van der Waals surface area contributed by atoms with Crippen LogP contribution in [0.1, 0.15) is 5.56 Å². The maximum atomic E-state index is 12.4. The second-order valence-electron chi connectivity index (χ2n) is 5.13. The highest BCUT2D eigenvalue weighted by molar-refractivity contribution is 7.13. The fourth-order valence-electron chi connectivity index (χ4n) is 2.41. The zero-order valence-electron chi connectivity index (χ0n) is 12.3. The van der Waals surface area contributed by atoms with Gasteiger partial charge in [0, 0.05) is 48.5 Å². The fraction of sp³-hybridized carbons (Fsp3) is 0.333. The van der Waals surface area contributed by atoms with Gasteiger partial charge in [0.1, 0.15) is 0 Å². The number of benzene rings is 1. The Balaban J connectivity index is 1.59. The van der Waals surface area contributed by atoms with Crippen molar-refractivity contribution in [3.05, 3.63) is 40.4 Å². The van der Waals surface area contributed by atoms with Crippen LogP contribution in [-0.2, 0) is 0 Å². The van der Waals surface area contributed by atoms with Crippen molar-refractivity contribution in [1.29, 1.82) is 0 Å². The van der Waals surface area contributed by atoms with Gasteiger partial charge < -0.3 is 15.1 Å². The lowest BCUT2D eigenvalue weighted by Gasteiger charge is -2.34. The number of carbonyl (C=O) groups is 1. The third-order valence-corrected chi connectivity index (χ3v) is 5.01. The molecule has 22 heavy (non-hydrogen) atoms. The van der Waals surface area contributed by atoms with Crippen molar-refractivity contribution in [2.45, 2.75) is 6.92 Å². The van der Waals surface area contributed by atoms with Crippen LogP contribution in [0.4, 0.5) is 15.6 Å². The molecule has 2 heterocycles. The second kappa shape index (κ2) is 6.54. The monoisotopic (exact) mass is 336 g/mol. The van der Waals surface area contributed by atoms with Crippen molar-refractivity contribution in [3.63, 3.8) is 0 Å². The summed E-state index contributed by atoms with van der Waals surface area (Å²) in [6, 6.07) is 5.44. The standard InChI is InChI=1S/C15H17ClN4OS/c1-11-12(16)3-2-4-13(11)18-14(21)19-6-8-20(9-7-19)15-17-5-10-22-15/h2-5,10H,6-9H2,1H3,(H,18,21). The lowest BCUT2D eigenvalue weighted by molar-refractivity contribution is 0.208. The lowest BCUT2D eigenvalue weighted by atomic mass is 10.2. The minimum atomic E-state index is -0.0795. The number of piperazine rings is 1. The van der Waals surface area contributed by atoms with Crippen LogP contribution in [0.2, 0.25) is 5.02 Å². The lowest BCUT2D eigenvalue weighted by Crippen LogP contribution is -2.50. The first kappa shape index (κ1) is 15.1. The van der Waals surface area contributed by atoms with Gasteiger partial charge in [0.2, 0.25) is 0 Å². The average molecular weight is 337 g/mol. The smallest absolute Gasteiger partial charge is 0.321 e. The van der Waals surface area contributed by atoms with Crippen LogP contribution in [0.15, 0.2) is 29.8 Å². The van der Waals surface area contributed by atoms with Gasteiger partial charge in [0.25, 0.3) is 0 Å². The van der Waals surface area contributed by atoms with Crippen molar-refractivity contribution in [1.82, 2.24) is 9.88 Å². The van der Waals surface area contributed by atoms with Crippen molar-refractivity contribution in [2.75, 3.05) is 36.4 Å². The van der Waals surface area contributed by atoms with Gasteiger partial charge in [-0.15, -0.1) is 11.3 Å². The number of rotatable bonds is 2. The molecule has 0 bridgehead atoms. The molecule has 0 spiro atoms. The molecule has 116 valence electrons. The summed E-state index contributed by atoms with van der Waals surface area (Å²) in [5.41, 5.74) is 1.65. The molecule has 1 aliphatic heterocycles. The first-order chi connectivity index (χ1) is 10.6. The average Bonchev–Trinajstić information content (AvgIpc) is 3.06. The summed E-state index contributed by atoms with van der Waals surface area (Å²) in [5.74, 6) is 0. The molecule has 1 fully saturated rings. The predicted molar refractivity (Wildman–Crippen MR) is 91.1 cm³/mol. The van der Waals surface area contributed by atoms with Gasteiger partial charge in [0.05, 0.1) is 0 Å². The van der Waals surface area contributed by atoms with E-state index in [0.717, 1.165) is 29.5 Å². The molecule has 1 aromatic carbocycles. The number of anilines is 2. The molecule has 0 radical (unpaired) electrons. The number of aromatic nitrogens is 1. The normalized spacial score (nSPS) is 15.0. The van der Waals surface area contributed by atoms with E-state index < -0.39 is 0 Å². The molecular formula is C15H17ClN4OS. The highest BCUT2D eigenvalue weighted by atomic mass is 35.5. The van der Waals surface area contributed by atoms with Gasteiger partial charge in [-0.3, -0.25) is 0 Å². The number of nitrogens with one attached hydrogen (secondary N) is 1. The van der Waals surface area contributed by atoms with Crippen LogP contribution >= 0.6 is 22.9 Å². The topological polar surface area (TPSA) is 48.5 Å². The molecule has 1 aliphatic rings. The van der Waals surface area contributed by atoms with Gasteiger partial charge in [0.15, 0.2) is 5.13 Å². The summed E-state index contributed by atoms with van der Waals surface area (Å²) in [5, 5.41) is 6.59. The van der Waals surface area contributed by atoms with E-state index in [-0.39, 0.29) is 6.03 Å². The van der Waals surface area contributed by atoms with Crippen LogP contribution in [0.25, 0.3) is 0 Å². The Bertz CT molecular complexity index is 654. The van der Waals surface area contributed by atoms with Gasteiger partial charge in [-0.1, -0.05) is 17.7 Å². The molecule has 1 N–H and O–H groups in total. The van der Waals surface area contributed by atoms with Crippen LogP contribution in [0.3, 0.4) is 0 Å². The molecule has 0 atom stereocenters. The quantitative estimate of drug-likeness (QED) is 0.913. The number of nitrogens with zero attached hydrogens (tertiary/aromatic N) is 3. The molecule has 2 aromatic rings. The highest BCUT2D eigenvalue weighted by Crippen LogP contribution is 2.24. The van der Waals surface area contributed by atoms with Crippen LogP contribution in [0, 0.1) is 6.92 Å². The van der Waals surface area contributed by atoms with E-state index in [4.69, 9.17) is 11.6 Å². The van der Waals surface area contributed by atoms with E-state index in [1.807, 2.05) is 35.4 Å². The Morgan fingerprint density at radius 1 is 1.32 bits per heavy atom. The SMILES string of the molecule is Cc1c(Cl)cccc1NC(=O)N1CCN(c2nccs2)CC1. The molecule has 1 aromatic heterocycles. The molecule has 3 rings (SSSR count). The van der Waals surface area contributed by atoms with E-state index in [2.05, 4.69) is 15.2 Å². The van der Waals surface area contributed by atoms with Crippen molar-refractivity contribution in [3.8, 4) is 0 Å². The number of halogens is 1. The number of thiazole rings is 1. The van der Waals surface area contributed by atoms with Crippen LogP contribution in [0.5, 0.6) is 0 Å². The molecular weight excluding hydrogens is 320 g/mol. The first-order valence-corrected chi connectivity index (χ1v) is 8.36. The third kappa shape index (κ3) is 3.18. The molecule has 0 aliphatic carbocycles. The third-order valence-electron chi connectivity index (χ3n) is 3.77. The Morgan fingerprint density at radius 3 is 2.77 bits per heavy atom. The summed E-state index contributed by atoms with van der Waals surface area (Å²) in [6.45, 7) is 4.87. The Kier molecular flexibility index (Phi) is 4.49. The number of urea groups is 1. The predicted octanol–water partition coefficient (Wildman–Crippen LogP) is 3.46. The van der Waals surface area contributed by atoms with Gasteiger partial charge in [-0.2, -0.15) is 0 Å². The molecule has 0 unspecified atom stereocenters. The minimum Gasteiger partial charge on any atom is -0.345 e. The second-order valence-corrected chi connectivity index (χ2v) is 6.41. The maximum absolute atomic E-state index is 12.4. The zero-order chi connectivity index (χ0) is 15.5. The van der Waals surface area contributed by atoms with E-state index in [0.29, 0.717) is 18.1 Å². The largest absolute Gasteiger partial charge is 0.345 e. The van der Waals surface area contributed by atoms with E-state index in [1.54, 1.807) is 17.5 Å². The summed E-state index contributed by atoms with van der Waals surface area (Å²) < 4.78 is 0. The molecule has 1 saturated heterocycles. The number of hydrogen-bond donors (Lipinski definition) is 1. The van der Waals surface area contributed by atoms with E-state index in [9.17, 15) is 4.79 Å². The molecule has 0 saturated carbocycles. The highest BCUT2D eigenvalue weighted by Gasteiger charge is 2.22. The zero-order valence-corrected chi connectivity index (χ0v) is 13.8. The van der Waals surface area contributed by atoms with Crippen molar-refractivity contribution >= 4 is 39.8 Å². The first-order valence-electron chi connectivity index (χ1n) is 7.10. The van der Waals surface area contributed by atoms with E-state index in [1.165, 1.54) is 0 Å². The molecule has 7 heteroatoms. The number of amides is 2.